The van der Waals surface area contributed by atoms with E-state index in [9.17, 15) is 4.79 Å². The lowest BCUT2D eigenvalue weighted by Gasteiger charge is -2.06. The molecule has 3 aromatic rings. The second-order valence-electron chi connectivity index (χ2n) is 5.23. The van der Waals surface area contributed by atoms with Crippen molar-refractivity contribution in [3.63, 3.8) is 0 Å². The van der Waals surface area contributed by atoms with Crippen LogP contribution in [0.25, 0.3) is 21.5 Å². The lowest BCUT2D eigenvalue weighted by atomic mass is 10.0. The maximum absolute atomic E-state index is 12.2. The van der Waals surface area contributed by atoms with Gasteiger partial charge in [0.05, 0.1) is 11.3 Å². The highest BCUT2D eigenvalue weighted by Gasteiger charge is 2.18. The number of nitrogens with zero attached hydrogens (tertiary/aromatic N) is 1. The summed E-state index contributed by atoms with van der Waals surface area (Å²) in [4.78, 5) is 18.1. The first kappa shape index (κ1) is 13.0. The maximum atomic E-state index is 12.2. The molecule has 3 nitrogen and oxygen atoms in total. The van der Waals surface area contributed by atoms with Gasteiger partial charge in [0.1, 0.15) is 10.6 Å². The maximum Gasteiger partial charge on any atom is 0.346 e. The number of aromatic nitrogens is 1. The first-order chi connectivity index (χ1) is 10.2. The van der Waals surface area contributed by atoms with Crippen molar-refractivity contribution in [2.45, 2.75) is 25.7 Å². The lowest BCUT2D eigenvalue weighted by Crippen LogP contribution is -2.03. The van der Waals surface area contributed by atoms with Crippen LogP contribution in [0.1, 0.15) is 23.4 Å². The predicted octanol–water partition coefficient (Wildman–Crippen LogP) is 4.45. The molecule has 0 saturated carbocycles. The van der Waals surface area contributed by atoms with Crippen molar-refractivity contribution in [3.05, 3.63) is 50.3 Å². The number of hydrogen-bond donors (Lipinski definition) is 0. The molecule has 1 aromatic carbocycles. The largest absolute Gasteiger partial charge is 0.422 e. The van der Waals surface area contributed by atoms with E-state index in [-0.39, 0.29) is 5.63 Å². The average Bonchev–Trinajstić information content (AvgIpc) is 2.90. The molecule has 0 saturated heterocycles. The summed E-state index contributed by atoms with van der Waals surface area (Å²) >= 11 is 7.62. The molecular formula is C16H12ClNO2S. The fourth-order valence-electron chi connectivity index (χ4n) is 2.71. The molecule has 0 fully saturated rings. The van der Waals surface area contributed by atoms with Crippen molar-refractivity contribution < 1.29 is 4.42 Å². The topological polar surface area (TPSA) is 43.1 Å². The van der Waals surface area contributed by atoms with Crippen LogP contribution in [0.2, 0.25) is 5.02 Å². The molecule has 1 aliphatic carbocycles. The van der Waals surface area contributed by atoms with Gasteiger partial charge in [-0.2, -0.15) is 0 Å². The van der Waals surface area contributed by atoms with Crippen LogP contribution in [0.4, 0.5) is 0 Å². The second-order valence-corrected chi connectivity index (χ2v) is 6.75. The van der Waals surface area contributed by atoms with Gasteiger partial charge in [-0.15, -0.1) is 11.3 Å². The summed E-state index contributed by atoms with van der Waals surface area (Å²) in [5.74, 6) is 0. The van der Waals surface area contributed by atoms with Crippen molar-refractivity contribution in [2.24, 2.45) is 0 Å². The lowest BCUT2D eigenvalue weighted by molar-refractivity contribution is 0.563. The Balaban J connectivity index is 1.91. The van der Waals surface area contributed by atoms with Crippen molar-refractivity contribution in [1.29, 1.82) is 0 Å². The normalized spacial score (nSPS) is 14.3. The van der Waals surface area contributed by atoms with E-state index in [1.165, 1.54) is 17.7 Å². The van der Waals surface area contributed by atoms with Crippen LogP contribution in [-0.4, -0.2) is 4.98 Å². The van der Waals surface area contributed by atoms with Crippen molar-refractivity contribution in [1.82, 2.24) is 4.98 Å². The zero-order chi connectivity index (χ0) is 14.4. The Morgan fingerprint density at radius 3 is 2.90 bits per heavy atom. The van der Waals surface area contributed by atoms with Crippen molar-refractivity contribution in [2.75, 3.05) is 0 Å². The zero-order valence-electron chi connectivity index (χ0n) is 11.2. The van der Waals surface area contributed by atoms with Crippen LogP contribution in [0, 0.1) is 0 Å². The molecule has 0 radical (unpaired) electrons. The van der Waals surface area contributed by atoms with Gasteiger partial charge < -0.3 is 4.42 Å². The molecule has 106 valence electrons. The number of rotatable bonds is 1. The SMILES string of the molecule is O=c1oc2ccc(Cl)cc2cc1-c1nc2c(s1)CCCC2. The fourth-order valence-corrected chi connectivity index (χ4v) is 4.04. The molecule has 0 bridgehead atoms. The van der Waals surface area contributed by atoms with Gasteiger partial charge >= 0.3 is 5.63 Å². The van der Waals surface area contributed by atoms with E-state index >= 15 is 0 Å². The monoisotopic (exact) mass is 317 g/mol. The third-order valence-corrected chi connectivity index (χ3v) is 5.20. The van der Waals surface area contributed by atoms with Crippen molar-refractivity contribution in [3.8, 4) is 10.6 Å². The molecule has 2 aromatic heterocycles. The molecule has 0 aliphatic heterocycles. The molecule has 0 spiro atoms. The van der Waals surface area contributed by atoms with E-state index in [1.54, 1.807) is 29.5 Å². The summed E-state index contributed by atoms with van der Waals surface area (Å²) in [7, 11) is 0. The summed E-state index contributed by atoms with van der Waals surface area (Å²) in [6.45, 7) is 0. The van der Waals surface area contributed by atoms with Gasteiger partial charge in [0.2, 0.25) is 0 Å². The Labute approximate surface area is 130 Å². The zero-order valence-corrected chi connectivity index (χ0v) is 12.8. The summed E-state index contributed by atoms with van der Waals surface area (Å²) < 4.78 is 5.39. The molecule has 0 amide bonds. The minimum Gasteiger partial charge on any atom is -0.422 e. The van der Waals surface area contributed by atoms with Crippen LogP contribution in [0.3, 0.4) is 0 Å². The summed E-state index contributed by atoms with van der Waals surface area (Å²) in [5.41, 5.74) is 1.89. The van der Waals surface area contributed by atoms with Gasteiger partial charge in [0.15, 0.2) is 0 Å². The van der Waals surface area contributed by atoms with Gasteiger partial charge in [-0.3, -0.25) is 0 Å². The molecular weight excluding hydrogens is 306 g/mol. The Bertz CT molecular complexity index is 873. The smallest absolute Gasteiger partial charge is 0.346 e. The standard InChI is InChI=1S/C16H12ClNO2S/c17-10-5-6-13-9(7-10)8-11(16(19)20-13)15-18-12-3-1-2-4-14(12)21-15/h5-8H,1-4H2. The summed E-state index contributed by atoms with van der Waals surface area (Å²) in [6.07, 6.45) is 4.46. The number of fused-ring (bicyclic) bond motifs is 2. The molecule has 4 rings (SSSR count). The van der Waals surface area contributed by atoms with E-state index < -0.39 is 0 Å². The van der Waals surface area contributed by atoms with E-state index in [2.05, 4.69) is 4.98 Å². The highest BCUT2D eigenvalue weighted by Crippen LogP contribution is 2.32. The summed E-state index contributed by atoms with van der Waals surface area (Å²) in [6, 6.07) is 7.07. The van der Waals surface area contributed by atoms with Gasteiger partial charge in [-0.25, -0.2) is 9.78 Å². The predicted molar refractivity (Wildman–Crippen MR) is 85.2 cm³/mol. The van der Waals surface area contributed by atoms with Gasteiger partial charge in [-0.05, 0) is 49.9 Å². The minimum absolute atomic E-state index is 0.337. The van der Waals surface area contributed by atoms with Crippen LogP contribution in [0.5, 0.6) is 0 Å². The second kappa shape index (κ2) is 4.97. The van der Waals surface area contributed by atoms with Crippen molar-refractivity contribution >= 4 is 33.9 Å². The minimum atomic E-state index is -0.337. The quantitative estimate of drug-likeness (QED) is 0.623. The highest BCUT2D eigenvalue weighted by molar-refractivity contribution is 7.15. The number of benzene rings is 1. The Morgan fingerprint density at radius 2 is 2.05 bits per heavy atom. The summed E-state index contributed by atoms with van der Waals surface area (Å²) in [5, 5.41) is 2.21. The van der Waals surface area contributed by atoms with E-state index in [1.807, 2.05) is 6.07 Å². The Morgan fingerprint density at radius 1 is 1.19 bits per heavy atom. The number of halogens is 1. The average molecular weight is 318 g/mol. The van der Waals surface area contributed by atoms with Crippen LogP contribution < -0.4 is 5.63 Å². The van der Waals surface area contributed by atoms with Crippen LogP contribution >= 0.6 is 22.9 Å². The van der Waals surface area contributed by atoms with E-state index in [4.69, 9.17) is 16.0 Å². The van der Waals surface area contributed by atoms with E-state index in [0.717, 1.165) is 28.9 Å². The van der Waals surface area contributed by atoms with Gasteiger partial charge in [0, 0.05) is 15.3 Å². The number of aryl methyl sites for hydroxylation is 2. The Hall–Kier alpha value is -1.65. The molecule has 2 heterocycles. The van der Waals surface area contributed by atoms with Crippen LogP contribution in [-0.2, 0) is 12.8 Å². The molecule has 0 N–H and O–H groups in total. The third kappa shape index (κ3) is 2.28. The highest BCUT2D eigenvalue weighted by atomic mass is 35.5. The first-order valence-corrected chi connectivity index (χ1v) is 8.12. The third-order valence-electron chi connectivity index (χ3n) is 3.77. The molecule has 0 atom stereocenters. The molecule has 21 heavy (non-hydrogen) atoms. The fraction of sp³-hybridized carbons (Fsp3) is 0.250. The molecule has 1 aliphatic rings. The van der Waals surface area contributed by atoms with Crippen LogP contribution in [0.15, 0.2) is 33.5 Å². The Kier molecular flexibility index (Phi) is 3.08. The van der Waals surface area contributed by atoms with Gasteiger partial charge in [-0.1, -0.05) is 11.6 Å². The number of thiazole rings is 1. The van der Waals surface area contributed by atoms with Gasteiger partial charge in [0.25, 0.3) is 0 Å². The van der Waals surface area contributed by atoms with E-state index in [0.29, 0.717) is 16.2 Å². The molecule has 5 heteroatoms. The first-order valence-electron chi connectivity index (χ1n) is 6.93. The number of hydrogen-bond acceptors (Lipinski definition) is 4. The molecule has 0 unspecified atom stereocenters.